The van der Waals surface area contributed by atoms with Crippen LogP contribution in [0.4, 0.5) is 0 Å². The Morgan fingerprint density at radius 1 is 1.19 bits per heavy atom. The highest BCUT2D eigenvalue weighted by atomic mass is 35.5. The highest BCUT2D eigenvalue weighted by Gasteiger charge is 2.04. The van der Waals surface area contributed by atoms with Gasteiger partial charge in [0.1, 0.15) is 0 Å². The van der Waals surface area contributed by atoms with E-state index < -0.39 is 0 Å². The van der Waals surface area contributed by atoms with Crippen LogP contribution < -0.4 is 14.8 Å². The monoisotopic (exact) mass is 245 g/mol. The Hall–Kier alpha value is -0.930. The number of hydrogen-bond donors (Lipinski definition) is 1. The van der Waals surface area contributed by atoms with Crippen LogP contribution in [0.15, 0.2) is 18.2 Å². The molecule has 0 amide bonds. The molecule has 1 aromatic rings. The lowest BCUT2D eigenvalue weighted by Gasteiger charge is -2.11. The standard InChI is InChI=1S/C12H19NO2.ClH/c1-4-13-9-10-6-7-11(15-5-2)12(8-10)14-3;/h6-8,13H,4-5,9H2,1-3H3;1H. The molecule has 0 fully saturated rings. The second-order valence-corrected chi connectivity index (χ2v) is 3.20. The van der Waals surface area contributed by atoms with Crippen molar-refractivity contribution in [2.45, 2.75) is 20.4 Å². The van der Waals surface area contributed by atoms with Gasteiger partial charge in [-0.05, 0) is 31.2 Å². The quantitative estimate of drug-likeness (QED) is 0.836. The average Bonchev–Trinajstić information content (AvgIpc) is 2.28. The second-order valence-electron chi connectivity index (χ2n) is 3.20. The molecule has 92 valence electrons. The summed E-state index contributed by atoms with van der Waals surface area (Å²) in [6.07, 6.45) is 0. The number of methoxy groups -OCH3 is 1. The fourth-order valence-electron chi connectivity index (χ4n) is 1.37. The number of hydrogen-bond acceptors (Lipinski definition) is 3. The van der Waals surface area contributed by atoms with Crippen molar-refractivity contribution < 1.29 is 9.47 Å². The van der Waals surface area contributed by atoms with Gasteiger partial charge in [-0.2, -0.15) is 0 Å². The van der Waals surface area contributed by atoms with Gasteiger partial charge in [0, 0.05) is 6.54 Å². The SMILES string of the molecule is CCNCc1ccc(OCC)c(OC)c1.Cl. The Labute approximate surface area is 104 Å². The molecule has 3 nitrogen and oxygen atoms in total. The average molecular weight is 246 g/mol. The van der Waals surface area contributed by atoms with E-state index in [2.05, 4.69) is 18.3 Å². The first kappa shape index (κ1) is 15.1. The molecule has 0 saturated heterocycles. The molecule has 0 bridgehead atoms. The van der Waals surface area contributed by atoms with Crippen molar-refractivity contribution in [3.05, 3.63) is 23.8 Å². The number of nitrogens with one attached hydrogen (secondary N) is 1. The molecular weight excluding hydrogens is 226 g/mol. The minimum absolute atomic E-state index is 0. The number of ether oxygens (including phenoxy) is 2. The summed E-state index contributed by atoms with van der Waals surface area (Å²) in [6, 6.07) is 6.01. The summed E-state index contributed by atoms with van der Waals surface area (Å²) in [5, 5.41) is 3.27. The van der Waals surface area contributed by atoms with E-state index >= 15 is 0 Å². The predicted octanol–water partition coefficient (Wildman–Crippen LogP) is 2.63. The summed E-state index contributed by atoms with van der Waals surface area (Å²) in [7, 11) is 1.66. The zero-order chi connectivity index (χ0) is 11.1. The fraction of sp³-hybridized carbons (Fsp3) is 0.500. The first-order valence-electron chi connectivity index (χ1n) is 5.32. The molecule has 0 aliphatic rings. The van der Waals surface area contributed by atoms with Crippen molar-refractivity contribution in [2.75, 3.05) is 20.3 Å². The summed E-state index contributed by atoms with van der Waals surface area (Å²) >= 11 is 0. The maximum atomic E-state index is 5.44. The highest BCUT2D eigenvalue weighted by molar-refractivity contribution is 5.85. The molecule has 0 heterocycles. The van der Waals surface area contributed by atoms with Crippen LogP contribution >= 0.6 is 12.4 Å². The fourth-order valence-corrected chi connectivity index (χ4v) is 1.37. The summed E-state index contributed by atoms with van der Waals surface area (Å²) in [6.45, 7) is 6.54. The Morgan fingerprint density at radius 2 is 1.94 bits per heavy atom. The van der Waals surface area contributed by atoms with Crippen LogP contribution in [-0.2, 0) is 6.54 Å². The molecule has 1 aromatic carbocycles. The minimum Gasteiger partial charge on any atom is -0.493 e. The van der Waals surface area contributed by atoms with Crippen LogP contribution in [0.3, 0.4) is 0 Å². The van der Waals surface area contributed by atoms with Crippen LogP contribution in [0.2, 0.25) is 0 Å². The van der Waals surface area contributed by atoms with Gasteiger partial charge in [0.25, 0.3) is 0 Å². The third-order valence-corrected chi connectivity index (χ3v) is 2.11. The van der Waals surface area contributed by atoms with Gasteiger partial charge < -0.3 is 14.8 Å². The molecule has 0 saturated carbocycles. The smallest absolute Gasteiger partial charge is 0.161 e. The lowest BCUT2D eigenvalue weighted by atomic mass is 10.2. The summed E-state index contributed by atoms with van der Waals surface area (Å²) in [4.78, 5) is 0. The normalized spacial score (nSPS) is 9.44. The molecule has 0 aliphatic carbocycles. The van der Waals surface area contributed by atoms with E-state index in [0.717, 1.165) is 24.6 Å². The van der Waals surface area contributed by atoms with E-state index in [1.54, 1.807) is 7.11 Å². The number of benzene rings is 1. The van der Waals surface area contributed by atoms with Crippen LogP contribution in [0.25, 0.3) is 0 Å². The van der Waals surface area contributed by atoms with E-state index in [-0.39, 0.29) is 12.4 Å². The van der Waals surface area contributed by atoms with Crippen molar-refractivity contribution >= 4 is 12.4 Å². The Bertz CT molecular complexity index is 305. The summed E-state index contributed by atoms with van der Waals surface area (Å²) in [5.41, 5.74) is 1.21. The molecule has 0 unspecified atom stereocenters. The van der Waals surface area contributed by atoms with Crippen LogP contribution in [0, 0.1) is 0 Å². The molecular formula is C12H20ClNO2. The molecule has 0 aromatic heterocycles. The summed E-state index contributed by atoms with van der Waals surface area (Å²) in [5.74, 6) is 1.60. The molecule has 1 N–H and O–H groups in total. The number of halogens is 1. The van der Waals surface area contributed by atoms with Gasteiger partial charge in [0.2, 0.25) is 0 Å². The van der Waals surface area contributed by atoms with Gasteiger partial charge in [-0.25, -0.2) is 0 Å². The van der Waals surface area contributed by atoms with Gasteiger partial charge >= 0.3 is 0 Å². The van der Waals surface area contributed by atoms with Crippen LogP contribution in [0.5, 0.6) is 11.5 Å². The van der Waals surface area contributed by atoms with Gasteiger partial charge in [0.15, 0.2) is 11.5 Å². The molecule has 16 heavy (non-hydrogen) atoms. The number of rotatable bonds is 6. The molecule has 4 heteroatoms. The molecule has 0 radical (unpaired) electrons. The molecule has 0 atom stereocenters. The molecule has 0 aliphatic heterocycles. The minimum atomic E-state index is 0. The topological polar surface area (TPSA) is 30.5 Å². The van der Waals surface area contributed by atoms with E-state index in [4.69, 9.17) is 9.47 Å². The van der Waals surface area contributed by atoms with Crippen LogP contribution in [-0.4, -0.2) is 20.3 Å². The van der Waals surface area contributed by atoms with E-state index in [1.165, 1.54) is 5.56 Å². The Morgan fingerprint density at radius 3 is 2.50 bits per heavy atom. The van der Waals surface area contributed by atoms with Crippen LogP contribution in [0.1, 0.15) is 19.4 Å². The zero-order valence-corrected chi connectivity index (χ0v) is 10.9. The van der Waals surface area contributed by atoms with Crippen molar-refractivity contribution in [3.8, 4) is 11.5 Å². The lowest BCUT2D eigenvalue weighted by Crippen LogP contribution is -2.11. The van der Waals surface area contributed by atoms with E-state index in [1.807, 2.05) is 19.1 Å². The third-order valence-electron chi connectivity index (χ3n) is 2.11. The first-order valence-corrected chi connectivity index (χ1v) is 5.32. The van der Waals surface area contributed by atoms with E-state index in [9.17, 15) is 0 Å². The molecule has 0 spiro atoms. The van der Waals surface area contributed by atoms with Gasteiger partial charge in [-0.15, -0.1) is 12.4 Å². The second kappa shape index (κ2) is 8.25. The van der Waals surface area contributed by atoms with Crippen molar-refractivity contribution in [3.63, 3.8) is 0 Å². The largest absolute Gasteiger partial charge is 0.493 e. The van der Waals surface area contributed by atoms with Gasteiger partial charge in [0.05, 0.1) is 13.7 Å². The van der Waals surface area contributed by atoms with Gasteiger partial charge in [-0.3, -0.25) is 0 Å². The summed E-state index contributed by atoms with van der Waals surface area (Å²) < 4.78 is 10.7. The van der Waals surface area contributed by atoms with E-state index in [0.29, 0.717) is 6.61 Å². The zero-order valence-electron chi connectivity index (χ0n) is 10.1. The van der Waals surface area contributed by atoms with Crippen molar-refractivity contribution in [1.29, 1.82) is 0 Å². The maximum Gasteiger partial charge on any atom is 0.161 e. The van der Waals surface area contributed by atoms with Crippen molar-refractivity contribution in [2.24, 2.45) is 0 Å². The van der Waals surface area contributed by atoms with Gasteiger partial charge in [-0.1, -0.05) is 13.0 Å². The third kappa shape index (κ3) is 4.29. The highest BCUT2D eigenvalue weighted by Crippen LogP contribution is 2.27. The Kier molecular flexibility index (Phi) is 7.77. The Balaban J connectivity index is 0.00000225. The van der Waals surface area contributed by atoms with Crippen molar-refractivity contribution in [1.82, 2.24) is 5.32 Å². The predicted molar refractivity (Wildman–Crippen MR) is 68.8 cm³/mol. The maximum absolute atomic E-state index is 5.44. The lowest BCUT2D eigenvalue weighted by molar-refractivity contribution is 0.310. The molecule has 1 rings (SSSR count). The first-order chi connectivity index (χ1) is 7.31.